The van der Waals surface area contributed by atoms with Crippen LogP contribution in [0.1, 0.15) is 20.7 Å². The lowest BCUT2D eigenvalue weighted by molar-refractivity contribution is 0.0600. The van der Waals surface area contributed by atoms with Gasteiger partial charge >= 0.3 is 5.97 Å². The monoisotopic (exact) mass is 324 g/mol. The van der Waals surface area contributed by atoms with Crippen molar-refractivity contribution >= 4 is 40.8 Å². The average Bonchev–Trinajstić information content (AvgIpc) is 2.46. The number of aromatic nitrogens is 1. The van der Waals surface area contributed by atoms with Gasteiger partial charge in [-0.15, -0.1) is 0 Å². The number of anilines is 1. The van der Waals surface area contributed by atoms with Gasteiger partial charge in [0.1, 0.15) is 10.3 Å². The van der Waals surface area contributed by atoms with Gasteiger partial charge in [-0.05, 0) is 36.4 Å². The van der Waals surface area contributed by atoms with E-state index in [0.717, 1.165) is 0 Å². The minimum atomic E-state index is -0.444. The molecule has 0 aliphatic carbocycles. The van der Waals surface area contributed by atoms with E-state index in [1.54, 1.807) is 24.3 Å². The largest absolute Gasteiger partial charge is 0.465 e. The third kappa shape index (κ3) is 3.93. The number of rotatable bonds is 3. The van der Waals surface area contributed by atoms with Crippen LogP contribution in [-0.4, -0.2) is 24.0 Å². The molecule has 1 heterocycles. The van der Waals surface area contributed by atoms with Crippen LogP contribution in [0.25, 0.3) is 0 Å². The number of carbonyl (C=O) groups is 2. The molecule has 0 radical (unpaired) electrons. The molecule has 0 atom stereocenters. The number of halogens is 2. The van der Waals surface area contributed by atoms with Crippen LogP contribution in [0.2, 0.25) is 10.3 Å². The lowest BCUT2D eigenvalue weighted by Gasteiger charge is -2.06. The van der Waals surface area contributed by atoms with Gasteiger partial charge in [0, 0.05) is 11.3 Å². The summed E-state index contributed by atoms with van der Waals surface area (Å²) in [7, 11) is 1.30. The van der Waals surface area contributed by atoms with Crippen LogP contribution in [0.4, 0.5) is 5.69 Å². The number of esters is 1. The Bertz CT molecular complexity index is 667. The Kier molecular flexibility index (Phi) is 4.77. The van der Waals surface area contributed by atoms with Gasteiger partial charge in [0.25, 0.3) is 5.91 Å². The molecule has 2 rings (SSSR count). The van der Waals surface area contributed by atoms with E-state index >= 15 is 0 Å². The summed E-state index contributed by atoms with van der Waals surface area (Å²) in [5, 5.41) is 2.93. The average molecular weight is 325 g/mol. The van der Waals surface area contributed by atoms with E-state index in [1.807, 2.05) is 0 Å². The summed E-state index contributed by atoms with van der Waals surface area (Å²) < 4.78 is 4.59. The molecule has 1 amide bonds. The molecule has 0 fully saturated rings. The van der Waals surface area contributed by atoms with Crippen LogP contribution in [0.3, 0.4) is 0 Å². The van der Waals surface area contributed by atoms with Gasteiger partial charge in [-0.1, -0.05) is 23.2 Å². The van der Waals surface area contributed by atoms with Crippen LogP contribution in [0.15, 0.2) is 36.4 Å². The number of hydrogen-bond donors (Lipinski definition) is 1. The maximum absolute atomic E-state index is 12.0. The Morgan fingerprint density at radius 2 is 1.62 bits per heavy atom. The third-order valence-corrected chi connectivity index (χ3v) is 2.98. The number of pyridine rings is 1. The molecule has 21 heavy (non-hydrogen) atoms. The molecule has 7 heteroatoms. The summed E-state index contributed by atoms with van der Waals surface area (Å²) in [6.07, 6.45) is 0. The minimum absolute atomic E-state index is 0.133. The topological polar surface area (TPSA) is 68.3 Å². The van der Waals surface area contributed by atoms with Gasteiger partial charge < -0.3 is 10.1 Å². The molecule has 1 N–H and O–H groups in total. The normalized spacial score (nSPS) is 10.0. The van der Waals surface area contributed by atoms with Gasteiger partial charge in [0.15, 0.2) is 0 Å². The Balaban J connectivity index is 2.14. The number of carbonyl (C=O) groups excluding carboxylic acids is 2. The predicted octanol–water partition coefficient (Wildman–Crippen LogP) is 3.43. The molecule has 0 saturated carbocycles. The lowest BCUT2D eigenvalue weighted by atomic mass is 10.2. The Hall–Kier alpha value is -2.11. The zero-order chi connectivity index (χ0) is 15.4. The van der Waals surface area contributed by atoms with E-state index in [9.17, 15) is 9.59 Å². The first-order valence-corrected chi connectivity index (χ1v) is 6.58. The fourth-order valence-electron chi connectivity index (χ4n) is 1.61. The van der Waals surface area contributed by atoms with Crippen molar-refractivity contribution < 1.29 is 14.3 Å². The predicted molar refractivity (Wildman–Crippen MR) is 80.0 cm³/mol. The van der Waals surface area contributed by atoms with Crippen LogP contribution in [-0.2, 0) is 4.74 Å². The zero-order valence-electron chi connectivity index (χ0n) is 10.9. The quantitative estimate of drug-likeness (QED) is 0.693. The Morgan fingerprint density at radius 1 is 1.05 bits per heavy atom. The second-order valence-corrected chi connectivity index (χ2v) is 4.80. The molecule has 0 saturated heterocycles. The first-order chi connectivity index (χ1) is 9.99. The fraction of sp³-hybridized carbons (Fsp3) is 0.0714. The van der Waals surface area contributed by atoms with E-state index < -0.39 is 5.97 Å². The molecule has 2 aromatic rings. The highest BCUT2D eigenvalue weighted by molar-refractivity contribution is 6.33. The minimum Gasteiger partial charge on any atom is -0.465 e. The second-order valence-electron chi connectivity index (χ2n) is 4.02. The molecule has 0 aliphatic rings. The van der Waals surface area contributed by atoms with Crippen LogP contribution >= 0.6 is 23.2 Å². The highest BCUT2D eigenvalue weighted by Gasteiger charge is 2.10. The summed E-state index contributed by atoms with van der Waals surface area (Å²) in [6.45, 7) is 0. The number of nitrogens with one attached hydrogen (secondary N) is 1. The van der Waals surface area contributed by atoms with Gasteiger partial charge in [0.05, 0.1) is 12.7 Å². The summed E-state index contributed by atoms with van der Waals surface area (Å²) >= 11 is 11.5. The van der Waals surface area contributed by atoms with Crippen molar-refractivity contribution in [2.24, 2.45) is 0 Å². The van der Waals surface area contributed by atoms with Crippen LogP contribution in [0, 0.1) is 0 Å². The summed E-state index contributed by atoms with van der Waals surface area (Å²) in [4.78, 5) is 27.1. The number of ether oxygens (including phenoxy) is 1. The standard InChI is InChI=1S/C14H10Cl2N2O3/c1-21-14(20)8-2-4-10(5-3-8)17-13(19)9-6-11(15)18-12(16)7-9/h2-7H,1H3,(H,17,19). The first kappa shape index (κ1) is 15.3. The van der Waals surface area contributed by atoms with Gasteiger partial charge in [-0.2, -0.15) is 0 Å². The highest BCUT2D eigenvalue weighted by Crippen LogP contribution is 2.17. The Morgan fingerprint density at radius 3 is 2.14 bits per heavy atom. The first-order valence-electron chi connectivity index (χ1n) is 5.82. The van der Waals surface area contributed by atoms with Gasteiger partial charge in [-0.25, -0.2) is 9.78 Å². The van der Waals surface area contributed by atoms with Crippen molar-refractivity contribution in [1.29, 1.82) is 0 Å². The number of methoxy groups -OCH3 is 1. The SMILES string of the molecule is COC(=O)c1ccc(NC(=O)c2cc(Cl)nc(Cl)c2)cc1. The third-order valence-electron chi connectivity index (χ3n) is 2.59. The van der Waals surface area contributed by atoms with E-state index in [1.165, 1.54) is 19.2 Å². The molecule has 0 aliphatic heterocycles. The zero-order valence-corrected chi connectivity index (χ0v) is 12.4. The molecular weight excluding hydrogens is 315 g/mol. The molecule has 0 bridgehead atoms. The van der Waals surface area contributed by atoms with Crippen molar-refractivity contribution in [3.05, 3.63) is 57.8 Å². The van der Waals surface area contributed by atoms with E-state index in [0.29, 0.717) is 11.3 Å². The smallest absolute Gasteiger partial charge is 0.337 e. The van der Waals surface area contributed by atoms with E-state index in [2.05, 4.69) is 15.0 Å². The van der Waals surface area contributed by atoms with E-state index in [4.69, 9.17) is 23.2 Å². The van der Waals surface area contributed by atoms with Gasteiger partial charge in [0.2, 0.25) is 0 Å². The Labute approximate surface area is 130 Å². The molecule has 108 valence electrons. The van der Waals surface area contributed by atoms with Gasteiger partial charge in [-0.3, -0.25) is 4.79 Å². The second kappa shape index (κ2) is 6.56. The van der Waals surface area contributed by atoms with Crippen LogP contribution in [0.5, 0.6) is 0 Å². The lowest BCUT2D eigenvalue weighted by Crippen LogP contribution is -2.12. The maximum Gasteiger partial charge on any atom is 0.337 e. The number of nitrogens with zero attached hydrogens (tertiary/aromatic N) is 1. The summed E-state index contributed by atoms with van der Waals surface area (Å²) in [6, 6.07) is 9.10. The van der Waals surface area contributed by atoms with Crippen LogP contribution < -0.4 is 5.32 Å². The molecule has 0 unspecified atom stereocenters. The van der Waals surface area contributed by atoms with E-state index in [-0.39, 0.29) is 21.8 Å². The van der Waals surface area contributed by atoms with Crippen molar-refractivity contribution in [2.75, 3.05) is 12.4 Å². The number of hydrogen-bond acceptors (Lipinski definition) is 4. The van der Waals surface area contributed by atoms with Crippen molar-refractivity contribution in [3.8, 4) is 0 Å². The maximum atomic E-state index is 12.0. The summed E-state index contributed by atoms with van der Waals surface area (Å²) in [5.74, 6) is -0.826. The molecule has 5 nitrogen and oxygen atoms in total. The molecule has 1 aromatic heterocycles. The van der Waals surface area contributed by atoms with Crippen molar-refractivity contribution in [3.63, 3.8) is 0 Å². The number of amides is 1. The van der Waals surface area contributed by atoms with Crippen molar-refractivity contribution in [1.82, 2.24) is 4.98 Å². The highest BCUT2D eigenvalue weighted by atomic mass is 35.5. The van der Waals surface area contributed by atoms with Crippen molar-refractivity contribution in [2.45, 2.75) is 0 Å². The molecule has 1 aromatic carbocycles. The fourth-order valence-corrected chi connectivity index (χ4v) is 2.07. The number of benzene rings is 1. The molecule has 0 spiro atoms. The summed E-state index contributed by atoms with van der Waals surface area (Å²) in [5.41, 5.74) is 1.21. The molecular formula is C14H10Cl2N2O3.